The van der Waals surface area contributed by atoms with E-state index in [4.69, 9.17) is 51.8 Å². The van der Waals surface area contributed by atoms with E-state index >= 15 is 4.79 Å². The molecule has 75 heavy (non-hydrogen) atoms. The maximum Gasteiger partial charge on any atom is 0.331 e. The Morgan fingerprint density at radius 2 is 1.20 bits per heavy atom. The van der Waals surface area contributed by atoms with Gasteiger partial charge >= 0.3 is 5.97 Å². The number of hydrogen-bond acceptors (Lipinski definition) is 26. The van der Waals surface area contributed by atoms with E-state index in [9.17, 15) is 71.2 Å². The van der Waals surface area contributed by atoms with Crippen LogP contribution in [0.1, 0.15) is 26.3 Å². The summed E-state index contributed by atoms with van der Waals surface area (Å²) >= 11 is 0. The molecule has 0 aliphatic carbocycles. The summed E-state index contributed by atoms with van der Waals surface area (Å²) in [4.78, 5) is 28.8. The van der Waals surface area contributed by atoms with Crippen LogP contribution in [0.25, 0.3) is 28.4 Å². The monoisotopic (exact) mass is 1060 g/mol. The van der Waals surface area contributed by atoms with Gasteiger partial charge in [0.25, 0.3) is 0 Å². The van der Waals surface area contributed by atoms with Gasteiger partial charge in [-0.05, 0) is 62.7 Å². The Balaban J connectivity index is 1.24. The second kappa shape index (κ2) is 22.8. The van der Waals surface area contributed by atoms with Crippen molar-refractivity contribution in [2.75, 3.05) is 13.7 Å². The first-order valence-electron chi connectivity index (χ1n) is 23.5. The Kier molecular flexibility index (Phi) is 16.9. The number of phenolic OH excluding ortho intramolecular Hbond substituents is 3. The normalized spacial score (nSPS) is 36.3. The van der Waals surface area contributed by atoms with Crippen molar-refractivity contribution in [3.63, 3.8) is 0 Å². The number of methoxy groups -OCH3 is 1. The van der Waals surface area contributed by atoms with Gasteiger partial charge in [-0.3, -0.25) is 4.79 Å². The average molecular weight is 1060 g/mol. The second-order valence-corrected chi connectivity index (χ2v) is 18.4. The summed E-state index contributed by atoms with van der Waals surface area (Å²) in [6.45, 7) is 3.30. The highest BCUT2D eigenvalue weighted by molar-refractivity contribution is 5.89. The van der Waals surface area contributed by atoms with Gasteiger partial charge < -0.3 is 118 Å². The number of rotatable bonds is 14. The van der Waals surface area contributed by atoms with Crippen LogP contribution < -0.4 is 19.6 Å². The van der Waals surface area contributed by atoms with Gasteiger partial charge in [0.05, 0.1) is 32.0 Å². The Bertz CT molecular complexity index is 2720. The predicted octanol–water partition coefficient (Wildman–Crippen LogP) is -2.06. The van der Waals surface area contributed by atoms with E-state index in [2.05, 4.69) is 0 Å². The molecule has 26 heteroatoms. The van der Waals surface area contributed by atoms with Crippen LogP contribution in [0, 0.1) is 0 Å². The lowest BCUT2D eigenvalue weighted by molar-refractivity contribution is -0.360. The van der Waals surface area contributed by atoms with Crippen molar-refractivity contribution in [3.05, 3.63) is 76.5 Å². The number of aromatic hydroxyl groups is 3. The first-order chi connectivity index (χ1) is 35.6. The highest BCUT2D eigenvalue weighted by Gasteiger charge is 2.54. The topological polar surface area (TPSA) is 403 Å². The fourth-order valence-electron chi connectivity index (χ4n) is 8.75. The van der Waals surface area contributed by atoms with Crippen molar-refractivity contribution in [2.45, 2.75) is 144 Å². The van der Waals surface area contributed by atoms with Gasteiger partial charge in [0.1, 0.15) is 95.4 Å². The fraction of sp³-hybridized carbons (Fsp3) is 0.510. The minimum Gasteiger partial charge on any atom is -0.508 e. The lowest BCUT2D eigenvalue weighted by atomic mass is 9.97. The standard InChI is InChI=1S/C49H58O26/c1-17-31(54)36(59)39(62)46(67-17)66-16-28-34(57)43(73-29(53)12-7-20-5-9-22(50)10-6-20)45(75-48-41(64)38(61)33(56)19(3)69-48)49(72-28)74-44-35(58)30-25(52)14-23(70-47-40(63)37(60)32(55)18(2)68-47)15-27(30)71-42(44)21-8-11-24(51)26(13-21)65-4/h5-15,17-19,28,31-34,36-41,43,45-52,54-57,59-64H,16H2,1-4H3/t17-,18-,19-,28-,31-,32-,33-,34+,36+,37+,38+,39+,40+,41+,43+,45-,46+,47-,48+,49+/m1/s1. The quantitative estimate of drug-likeness (QED) is 0.0477. The number of carbonyl (C=O) groups is 1. The molecule has 0 unspecified atom stereocenters. The van der Waals surface area contributed by atoms with Crippen LogP contribution in [0.3, 0.4) is 0 Å². The van der Waals surface area contributed by atoms with Crippen LogP contribution in [0.5, 0.6) is 34.5 Å². The molecule has 4 aliphatic heterocycles. The molecule has 3 aromatic carbocycles. The van der Waals surface area contributed by atoms with Crippen molar-refractivity contribution < 1.29 is 123 Å². The van der Waals surface area contributed by atoms with Crippen molar-refractivity contribution in [3.8, 4) is 45.8 Å². The zero-order chi connectivity index (χ0) is 54.3. The summed E-state index contributed by atoms with van der Waals surface area (Å²) in [7, 11) is 1.22. The maximum atomic E-state index is 15.0. The Morgan fingerprint density at radius 3 is 1.83 bits per heavy atom. The zero-order valence-electron chi connectivity index (χ0n) is 40.2. The van der Waals surface area contributed by atoms with Gasteiger partial charge in [-0.2, -0.15) is 0 Å². The van der Waals surface area contributed by atoms with E-state index in [0.29, 0.717) is 5.56 Å². The number of carbonyl (C=O) groups excluding carboxylic acids is 1. The first-order valence-corrected chi connectivity index (χ1v) is 23.5. The van der Waals surface area contributed by atoms with E-state index in [1.807, 2.05) is 0 Å². The number of phenols is 3. The van der Waals surface area contributed by atoms with E-state index in [1.54, 1.807) is 0 Å². The molecule has 26 nitrogen and oxygen atoms in total. The van der Waals surface area contributed by atoms with Gasteiger partial charge in [-0.15, -0.1) is 0 Å². The summed E-state index contributed by atoms with van der Waals surface area (Å²) in [5.41, 5.74) is -1.24. The molecule has 1 aromatic heterocycles. The highest BCUT2D eigenvalue weighted by Crippen LogP contribution is 2.42. The minimum atomic E-state index is -2.17. The van der Waals surface area contributed by atoms with Crippen LogP contribution in [-0.4, -0.2) is 209 Å². The second-order valence-electron chi connectivity index (χ2n) is 18.4. The molecule has 4 saturated heterocycles. The molecule has 4 aromatic rings. The number of aliphatic hydroxyl groups excluding tert-OH is 10. The third kappa shape index (κ3) is 11.5. The van der Waals surface area contributed by atoms with Gasteiger partial charge in [0, 0.05) is 23.8 Å². The van der Waals surface area contributed by atoms with Crippen molar-refractivity contribution >= 4 is 23.0 Å². The molecule has 8 rings (SSSR count). The Labute approximate surface area is 424 Å². The molecule has 0 spiro atoms. The van der Waals surface area contributed by atoms with Crippen molar-refractivity contribution in [1.29, 1.82) is 0 Å². The summed E-state index contributed by atoms with van der Waals surface area (Å²) in [5, 5.41) is 139. The van der Waals surface area contributed by atoms with Gasteiger partial charge in [0.15, 0.2) is 42.0 Å². The van der Waals surface area contributed by atoms with Crippen LogP contribution in [0.2, 0.25) is 0 Å². The molecule has 20 atom stereocenters. The molecule has 0 saturated carbocycles. The number of hydrogen-bond donors (Lipinski definition) is 13. The lowest BCUT2D eigenvalue weighted by Gasteiger charge is -2.47. The first kappa shape index (κ1) is 55.5. The van der Waals surface area contributed by atoms with Gasteiger partial charge in [-0.25, -0.2) is 4.79 Å². The molecule has 0 bridgehead atoms. The van der Waals surface area contributed by atoms with E-state index < -0.39 is 169 Å². The van der Waals surface area contributed by atoms with E-state index in [1.165, 1.54) is 70.4 Å². The average Bonchev–Trinajstić information content (AvgIpc) is 3.38. The van der Waals surface area contributed by atoms with Crippen LogP contribution in [0.4, 0.5) is 0 Å². The van der Waals surface area contributed by atoms with Gasteiger partial charge in [0.2, 0.25) is 23.8 Å². The van der Waals surface area contributed by atoms with E-state index in [-0.39, 0.29) is 28.6 Å². The lowest BCUT2D eigenvalue weighted by Crippen LogP contribution is -2.66. The number of benzene rings is 3. The number of aliphatic hydroxyl groups is 10. The third-order valence-corrected chi connectivity index (χ3v) is 13.2. The summed E-state index contributed by atoms with van der Waals surface area (Å²) in [6, 6.07) is 11.3. The molecular weight excluding hydrogens is 1000 g/mol. The molecule has 4 aliphatic rings. The molecule has 410 valence electrons. The summed E-state index contributed by atoms with van der Waals surface area (Å²) in [6.07, 6.45) is -32.2. The van der Waals surface area contributed by atoms with Crippen molar-refractivity contribution in [2.24, 2.45) is 0 Å². The maximum absolute atomic E-state index is 15.0. The SMILES string of the molecule is COc1cc(-c2oc3cc(O[C@H]4O[C@H](C)[C@@H](O)[C@H](O)[C@@H]4O)cc(O)c3c(=O)c2O[C@@H]2O[C@H](CO[C@H]3O[C@H](C)[C@@H](O)[C@H](O)[C@@H]3O)[C@H](O)[C@H](OC(=O)C=Cc3ccc(O)cc3)[C@H]2O[C@@H]2O[C@H](C)[C@@H](O)[C@H](O)[C@@H]2O)ccc1O. The zero-order valence-corrected chi connectivity index (χ0v) is 40.2. The van der Waals surface area contributed by atoms with Crippen molar-refractivity contribution in [1.82, 2.24) is 0 Å². The molecule has 0 radical (unpaired) electrons. The highest BCUT2D eigenvalue weighted by atomic mass is 16.8. The summed E-state index contributed by atoms with van der Waals surface area (Å²) < 4.78 is 64.6. The number of ether oxygens (including phenoxy) is 10. The molecule has 0 amide bonds. The molecule has 4 fully saturated rings. The molecular formula is C49H58O26. The largest absolute Gasteiger partial charge is 0.508 e. The molecule has 5 heterocycles. The Morgan fingerprint density at radius 1 is 0.613 bits per heavy atom. The van der Waals surface area contributed by atoms with E-state index in [0.717, 1.165) is 24.3 Å². The third-order valence-electron chi connectivity index (χ3n) is 13.2. The van der Waals surface area contributed by atoms with Crippen LogP contribution in [0.15, 0.2) is 69.9 Å². The Hall–Kier alpha value is -5.76. The molecule has 13 N–H and O–H groups in total. The predicted molar refractivity (Wildman–Crippen MR) is 249 cm³/mol. The summed E-state index contributed by atoms with van der Waals surface area (Å²) in [5.74, 6) is -4.20. The van der Waals surface area contributed by atoms with Gasteiger partial charge in [-0.1, -0.05) is 12.1 Å². The fourth-order valence-corrected chi connectivity index (χ4v) is 8.75. The van der Waals surface area contributed by atoms with Crippen LogP contribution >= 0.6 is 0 Å². The smallest absolute Gasteiger partial charge is 0.331 e. The number of fused-ring (bicyclic) bond motifs is 1. The minimum absolute atomic E-state index is 0.0627. The van der Waals surface area contributed by atoms with Crippen LogP contribution in [-0.2, 0) is 38.0 Å². The number of esters is 1.